The van der Waals surface area contributed by atoms with Crippen molar-refractivity contribution in [3.63, 3.8) is 0 Å². The van der Waals surface area contributed by atoms with Crippen LogP contribution in [0.15, 0.2) is 78.9 Å². The van der Waals surface area contributed by atoms with E-state index in [2.05, 4.69) is 5.32 Å². The van der Waals surface area contributed by atoms with E-state index >= 15 is 0 Å². The minimum atomic E-state index is -0.641. The Bertz CT molecular complexity index is 1070. The molecule has 0 spiro atoms. The van der Waals surface area contributed by atoms with Crippen LogP contribution in [0, 0.1) is 0 Å². The third-order valence-corrected chi connectivity index (χ3v) is 6.01. The van der Waals surface area contributed by atoms with Crippen molar-refractivity contribution in [1.29, 1.82) is 0 Å². The highest BCUT2D eigenvalue weighted by Gasteiger charge is 2.29. The van der Waals surface area contributed by atoms with Crippen LogP contribution in [0.2, 0.25) is 10.0 Å². The summed E-state index contributed by atoms with van der Waals surface area (Å²) in [5, 5.41) is 4.16. The number of carbonyl (C=O) groups is 2. The first-order chi connectivity index (χ1) is 17.0. The molecule has 0 radical (unpaired) electrons. The molecule has 3 aromatic rings. The van der Waals surface area contributed by atoms with Crippen LogP contribution in [0.1, 0.15) is 30.9 Å². The lowest BCUT2D eigenvalue weighted by atomic mass is 10.0. The molecular formula is C28H30Cl2N2O3. The maximum Gasteiger partial charge on any atom is 0.243 e. The number of hydrogen-bond acceptors (Lipinski definition) is 3. The van der Waals surface area contributed by atoms with Gasteiger partial charge in [0, 0.05) is 36.0 Å². The van der Waals surface area contributed by atoms with Gasteiger partial charge in [-0.1, -0.05) is 65.7 Å². The number of halogens is 2. The first kappa shape index (κ1) is 26.6. The number of nitrogens with zero attached hydrogens (tertiary/aromatic N) is 1. The van der Waals surface area contributed by atoms with Crippen LogP contribution >= 0.6 is 23.2 Å². The Balaban J connectivity index is 1.75. The van der Waals surface area contributed by atoms with Gasteiger partial charge in [-0.15, -0.1) is 0 Å². The lowest BCUT2D eigenvalue weighted by Crippen LogP contribution is -2.50. The molecule has 0 aromatic heterocycles. The molecule has 0 bridgehead atoms. The number of likely N-dealkylation sites (N-methyl/N-ethyl adjacent to an activating group) is 1. The van der Waals surface area contributed by atoms with E-state index < -0.39 is 6.04 Å². The van der Waals surface area contributed by atoms with Gasteiger partial charge >= 0.3 is 0 Å². The zero-order valence-corrected chi connectivity index (χ0v) is 21.3. The smallest absolute Gasteiger partial charge is 0.243 e. The van der Waals surface area contributed by atoms with E-state index in [0.717, 1.165) is 11.1 Å². The van der Waals surface area contributed by atoms with Gasteiger partial charge in [-0.05, 0) is 60.9 Å². The van der Waals surface area contributed by atoms with Gasteiger partial charge in [0.05, 0.1) is 6.61 Å². The zero-order chi connectivity index (χ0) is 25.0. The van der Waals surface area contributed by atoms with Crippen molar-refractivity contribution in [2.24, 2.45) is 0 Å². The van der Waals surface area contributed by atoms with Crippen LogP contribution in [-0.2, 0) is 22.6 Å². The second-order valence-corrected chi connectivity index (χ2v) is 9.03. The summed E-state index contributed by atoms with van der Waals surface area (Å²) in [4.78, 5) is 28.2. The van der Waals surface area contributed by atoms with Crippen molar-refractivity contribution in [2.75, 3.05) is 13.2 Å². The normalized spacial score (nSPS) is 11.5. The highest BCUT2D eigenvalue weighted by atomic mass is 35.5. The van der Waals surface area contributed by atoms with Crippen LogP contribution in [0.25, 0.3) is 0 Å². The van der Waals surface area contributed by atoms with Crippen LogP contribution in [-0.4, -0.2) is 35.9 Å². The predicted molar refractivity (Wildman–Crippen MR) is 141 cm³/mol. The molecule has 0 saturated heterocycles. The van der Waals surface area contributed by atoms with Crippen LogP contribution in [0.5, 0.6) is 5.75 Å². The second kappa shape index (κ2) is 13.8. The molecule has 2 amide bonds. The summed E-state index contributed by atoms with van der Waals surface area (Å²) in [6.07, 6.45) is 1.20. The van der Waals surface area contributed by atoms with Gasteiger partial charge in [0.15, 0.2) is 0 Å². The van der Waals surface area contributed by atoms with Gasteiger partial charge in [-0.25, -0.2) is 0 Å². The molecule has 0 heterocycles. The van der Waals surface area contributed by atoms with E-state index in [9.17, 15) is 9.59 Å². The predicted octanol–water partition coefficient (Wildman–Crippen LogP) is 5.93. The molecule has 3 rings (SSSR count). The number of benzene rings is 3. The van der Waals surface area contributed by atoms with E-state index in [1.807, 2.05) is 49.4 Å². The molecule has 3 aromatic carbocycles. The number of carbonyl (C=O) groups excluding carboxylic acids is 2. The lowest BCUT2D eigenvalue weighted by molar-refractivity contribution is -0.141. The molecule has 0 aliphatic heterocycles. The summed E-state index contributed by atoms with van der Waals surface area (Å²) in [5.74, 6) is 0.423. The molecule has 1 N–H and O–H groups in total. The molecule has 0 aliphatic rings. The fourth-order valence-electron chi connectivity index (χ4n) is 3.72. The standard InChI is InChI=1S/C28H30Cl2N2O3/c1-2-31-28(34)26(19-21-7-4-3-5-8-21)32(20-22-10-12-23(29)13-11-22)27(33)9-6-18-35-25-16-14-24(30)15-17-25/h3-5,7-8,10-17,26H,2,6,9,18-20H2,1H3,(H,31,34)/t26-/m1/s1. The Kier molecular flexibility index (Phi) is 10.5. The molecule has 184 valence electrons. The summed E-state index contributed by atoms with van der Waals surface area (Å²) in [5.41, 5.74) is 1.89. The fraction of sp³-hybridized carbons (Fsp3) is 0.286. The fourth-order valence-corrected chi connectivity index (χ4v) is 3.97. The van der Waals surface area contributed by atoms with Gasteiger partial charge in [0.2, 0.25) is 11.8 Å². The number of hydrogen-bond donors (Lipinski definition) is 1. The third-order valence-electron chi connectivity index (χ3n) is 5.51. The van der Waals surface area contributed by atoms with Gasteiger partial charge in [0.1, 0.15) is 11.8 Å². The average Bonchev–Trinajstić information content (AvgIpc) is 2.87. The van der Waals surface area contributed by atoms with Crippen molar-refractivity contribution in [2.45, 2.75) is 38.8 Å². The maximum atomic E-state index is 13.5. The number of amides is 2. The maximum absolute atomic E-state index is 13.5. The van der Waals surface area contributed by atoms with E-state index in [4.69, 9.17) is 27.9 Å². The van der Waals surface area contributed by atoms with Crippen LogP contribution in [0.3, 0.4) is 0 Å². The Morgan fingerprint density at radius 1 is 0.886 bits per heavy atom. The molecular weight excluding hydrogens is 483 g/mol. The molecule has 0 unspecified atom stereocenters. The molecule has 35 heavy (non-hydrogen) atoms. The lowest BCUT2D eigenvalue weighted by Gasteiger charge is -2.31. The minimum absolute atomic E-state index is 0.105. The quantitative estimate of drug-likeness (QED) is 0.306. The van der Waals surface area contributed by atoms with Gasteiger partial charge in [-0.2, -0.15) is 0 Å². The van der Waals surface area contributed by atoms with Crippen molar-refractivity contribution < 1.29 is 14.3 Å². The topological polar surface area (TPSA) is 58.6 Å². The zero-order valence-electron chi connectivity index (χ0n) is 19.8. The Hall–Kier alpha value is -3.02. The number of rotatable bonds is 12. The highest BCUT2D eigenvalue weighted by Crippen LogP contribution is 2.19. The van der Waals surface area contributed by atoms with E-state index in [0.29, 0.717) is 48.3 Å². The van der Waals surface area contributed by atoms with E-state index in [1.54, 1.807) is 41.3 Å². The SMILES string of the molecule is CCNC(=O)[C@@H](Cc1ccccc1)N(Cc1ccc(Cl)cc1)C(=O)CCCOc1ccc(Cl)cc1. The molecule has 5 nitrogen and oxygen atoms in total. The summed E-state index contributed by atoms with van der Waals surface area (Å²) in [7, 11) is 0. The number of ether oxygens (including phenoxy) is 1. The summed E-state index contributed by atoms with van der Waals surface area (Å²) in [6, 6.07) is 23.5. The Morgan fingerprint density at radius 3 is 2.14 bits per heavy atom. The van der Waals surface area contributed by atoms with Crippen LogP contribution in [0.4, 0.5) is 0 Å². The van der Waals surface area contributed by atoms with Crippen molar-refractivity contribution >= 4 is 35.0 Å². The van der Waals surface area contributed by atoms with Crippen molar-refractivity contribution in [1.82, 2.24) is 10.2 Å². The van der Waals surface area contributed by atoms with Gasteiger partial charge < -0.3 is 15.0 Å². The highest BCUT2D eigenvalue weighted by molar-refractivity contribution is 6.30. The minimum Gasteiger partial charge on any atom is -0.494 e. The Labute approximate surface area is 217 Å². The molecule has 0 aliphatic carbocycles. The molecule has 1 atom stereocenters. The van der Waals surface area contributed by atoms with Gasteiger partial charge in [0.25, 0.3) is 0 Å². The number of nitrogens with one attached hydrogen (secondary N) is 1. The first-order valence-corrected chi connectivity index (χ1v) is 12.5. The molecule has 0 fully saturated rings. The average molecular weight is 513 g/mol. The van der Waals surface area contributed by atoms with Crippen LogP contribution < -0.4 is 10.1 Å². The second-order valence-electron chi connectivity index (χ2n) is 8.15. The Morgan fingerprint density at radius 2 is 1.51 bits per heavy atom. The van der Waals surface area contributed by atoms with E-state index in [1.165, 1.54) is 0 Å². The third kappa shape index (κ3) is 8.61. The molecule has 0 saturated carbocycles. The largest absolute Gasteiger partial charge is 0.494 e. The molecule has 7 heteroatoms. The monoisotopic (exact) mass is 512 g/mol. The van der Waals surface area contributed by atoms with Crippen molar-refractivity contribution in [3.05, 3.63) is 100 Å². The van der Waals surface area contributed by atoms with Crippen molar-refractivity contribution in [3.8, 4) is 5.75 Å². The van der Waals surface area contributed by atoms with Gasteiger partial charge in [-0.3, -0.25) is 9.59 Å². The van der Waals surface area contributed by atoms with E-state index in [-0.39, 0.29) is 18.2 Å². The first-order valence-electron chi connectivity index (χ1n) is 11.7. The summed E-state index contributed by atoms with van der Waals surface area (Å²) in [6.45, 7) is 3.05. The summed E-state index contributed by atoms with van der Waals surface area (Å²) < 4.78 is 5.74. The summed E-state index contributed by atoms with van der Waals surface area (Å²) >= 11 is 12.0.